The first-order valence-corrected chi connectivity index (χ1v) is 8.57. The summed E-state index contributed by atoms with van der Waals surface area (Å²) < 4.78 is 0. The molecular formula is C19H22ClN3O. The Balaban J connectivity index is 1.48. The molecule has 1 aliphatic rings. The fourth-order valence-corrected chi connectivity index (χ4v) is 3.07. The monoisotopic (exact) mass is 343 g/mol. The van der Waals surface area contributed by atoms with Crippen molar-refractivity contribution in [2.45, 2.75) is 6.92 Å². The van der Waals surface area contributed by atoms with E-state index in [1.54, 1.807) is 0 Å². The molecule has 1 N–H and O–H groups in total. The molecule has 0 saturated carbocycles. The van der Waals surface area contributed by atoms with Crippen molar-refractivity contribution in [1.29, 1.82) is 0 Å². The number of benzene rings is 2. The lowest BCUT2D eigenvalue weighted by Gasteiger charge is -2.35. The highest BCUT2D eigenvalue weighted by atomic mass is 35.5. The lowest BCUT2D eigenvalue weighted by Crippen LogP contribution is -2.48. The molecule has 0 unspecified atom stereocenters. The van der Waals surface area contributed by atoms with Crippen molar-refractivity contribution >= 4 is 28.9 Å². The van der Waals surface area contributed by atoms with Crippen LogP contribution in [0, 0.1) is 6.92 Å². The third kappa shape index (κ3) is 4.49. The average Bonchev–Trinajstić information content (AvgIpc) is 2.56. The molecule has 1 aliphatic heterocycles. The molecule has 1 fully saturated rings. The lowest BCUT2D eigenvalue weighted by molar-refractivity contribution is -0.117. The molecule has 3 rings (SSSR count). The first-order valence-electron chi connectivity index (χ1n) is 8.19. The summed E-state index contributed by atoms with van der Waals surface area (Å²) >= 11 is 5.94. The predicted octanol–water partition coefficient (Wildman–Crippen LogP) is 3.41. The van der Waals surface area contributed by atoms with Crippen molar-refractivity contribution < 1.29 is 4.79 Å². The third-order valence-corrected chi connectivity index (χ3v) is 4.49. The second kappa shape index (κ2) is 7.69. The van der Waals surface area contributed by atoms with E-state index in [2.05, 4.69) is 15.1 Å². The van der Waals surface area contributed by atoms with Gasteiger partial charge in [-0.15, -0.1) is 0 Å². The highest BCUT2D eigenvalue weighted by molar-refractivity contribution is 6.30. The molecule has 24 heavy (non-hydrogen) atoms. The average molecular weight is 344 g/mol. The fraction of sp³-hybridized carbons (Fsp3) is 0.316. The molecule has 1 saturated heterocycles. The van der Waals surface area contributed by atoms with Gasteiger partial charge in [-0.3, -0.25) is 9.69 Å². The summed E-state index contributed by atoms with van der Waals surface area (Å²) in [5.74, 6) is 0.0422. The van der Waals surface area contributed by atoms with Crippen LogP contribution in [0.15, 0.2) is 48.5 Å². The molecule has 126 valence electrons. The summed E-state index contributed by atoms with van der Waals surface area (Å²) in [5.41, 5.74) is 3.19. The largest absolute Gasteiger partial charge is 0.369 e. The Morgan fingerprint density at radius 3 is 2.46 bits per heavy atom. The maximum atomic E-state index is 12.2. The van der Waals surface area contributed by atoms with Gasteiger partial charge < -0.3 is 10.2 Å². The van der Waals surface area contributed by atoms with Crippen LogP contribution in [0.2, 0.25) is 5.02 Å². The van der Waals surface area contributed by atoms with Gasteiger partial charge in [0.2, 0.25) is 5.91 Å². The van der Waals surface area contributed by atoms with Gasteiger partial charge in [-0.2, -0.15) is 0 Å². The van der Waals surface area contributed by atoms with Gasteiger partial charge in [0.1, 0.15) is 0 Å². The van der Waals surface area contributed by atoms with Crippen molar-refractivity contribution in [2.75, 3.05) is 42.9 Å². The van der Waals surface area contributed by atoms with E-state index in [0.29, 0.717) is 6.54 Å². The molecule has 0 radical (unpaired) electrons. The summed E-state index contributed by atoms with van der Waals surface area (Å²) in [7, 11) is 0. The minimum atomic E-state index is 0.0422. The molecule has 0 atom stereocenters. The second-order valence-corrected chi connectivity index (χ2v) is 6.59. The molecule has 5 heteroatoms. The van der Waals surface area contributed by atoms with Crippen molar-refractivity contribution in [2.24, 2.45) is 0 Å². The zero-order valence-electron chi connectivity index (χ0n) is 13.8. The molecule has 0 aliphatic carbocycles. The Kier molecular flexibility index (Phi) is 5.38. The van der Waals surface area contributed by atoms with Crippen LogP contribution in [0.25, 0.3) is 0 Å². The Morgan fingerprint density at radius 1 is 1.08 bits per heavy atom. The topological polar surface area (TPSA) is 35.6 Å². The third-order valence-electron chi connectivity index (χ3n) is 4.23. The SMILES string of the molecule is Cc1cccc(NC(=O)CN2CCN(c3ccc(Cl)cc3)CC2)c1. The molecule has 0 aromatic heterocycles. The molecular weight excluding hydrogens is 322 g/mol. The lowest BCUT2D eigenvalue weighted by atomic mass is 10.2. The Hall–Kier alpha value is -2.04. The van der Waals surface area contributed by atoms with Crippen molar-refractivity contribution in [3.05, 3.63) is 59.1 Å². The van der Waals surface area contributed by atoms with Gasteiger partial charge in [0.05, 0.1) is 6.54 Å². The molecule has 0 bridgehead atoms. The van der Waals surface area contributed by atoms with Crippen LogP contribution in [0.1, 0.15) is 5.56 Å². The number of halogens is 1. The Bertz CT molecular complexity index is 694. The summed E-state index contributed by atoms with van der Waals surface area (Å²) in [6.45, 7) is 6.04. The van der Waals surface area contributed by atoms with E-state index in [1.165, 1.54) is 5.69 Å². The fourth-order valence-electron chi connectivity index (χ4n) is 2.94. The predicted molar refractivity (Wildman–Crippen MR) is 99.9 cm³/mol. The number of anilines is 2. The van der Waals surface area contributed by atoms with Gasteiger partial charge in [0.15, 0.2) is 0 Å². The second-order valence-electron chi connectivity index (χ2n) is 6.16. The van der Waals surface area contributed by atoms with E-state index in [-0.39, 0.29) is 5.91 Å². The normalized spacial score (nSPS) is 15.3. The minimum absolute atomic E-state index is 0.0422. The van der Waals surface area contributed by atoms with Crippen molar-refractivity contribution in [3.63, 3.8) is 0 Å². The Labute approximate surface area is 148 Å². The molecule has 4 nitrogen and oxygen atoms in total. The smallest absolute Gasteiger partial charge is 0.238 e. The summed E-state index contributed by atoms with van der Waals surface area (Å²) in [4.78, 5) is 16.7. The molecule has 1 heterocycles. The van der Waals surface area contributed by atoms with Gasteiger partial charge in [0, 0.05) is 42.6 Å². The van der Waals surface area contributed by atoms with E-state index < -0.39 is 0 Å². The zero-order chi connectivity index (χ0) is 16.9. The number of nitrogens with one attached hydrogen (secondary N) is 1. The van der Waals surface area contributed by atoms with E-state index in [1.807, 2.05) is 55.5 Å². The molecule has 1 amide bonds. The summed E-state index contributed by atoms with van der Waals surface area (Å²) in [5, 5.41) is 3.73. The standard InChI is InChI=1S/C19H22ClN3O/c1-15-3-2-4-17(13-15)21-19(24)14-22-9-11-23(12-10-22)18-7-5-16(20)6-8-18/h2-8,13H,9-12,14H2,1H3,(H,21,24). The van der Waals surface area contributed by atoms with E-state index >= 15 is 0 Å². The van der Waals surface area contributed by atoms with E-state index in [0.717, 1.165) is 42.5 Å². The number of amides is 1. The number of piperazine rings is 1. The van der Waals surface area contributed by atoms with Gasteiger partial charge in [-0.25, -0.2) is 0 Å². The maximum absolute atomic E-state index is 12.2. The Morgan fingerprint density at radius 2 is 1.79 bits per heavy atom. The number of carbonyl (C=O) groups is 1. The summed E-state index contributed by atoms with van der Waals surface area (Å²) in [6.07, 6.45) is 0. The minimum Gasteiger partial charge on any atom is -0.369 e. The van der Waals surface area contributed by atoms with Crippen molar-refractivity contribution in [3.8, 4) is 0 Å². The molecule has 2 aromatic rings. The van der Waals surface area contributed by atoms with Crippen LogP contribution in [-0.4, -0.2) is 43.5 Å². The summed E-state index contributed by atoms with van der Waals surface area (Å²) in [6, 6.07) is 15.8. The number of hydrogen-bond donors (Lipinski definition) is 1. The quantitative estimate of drug-likeness (QED) is 0.924. The number of rotatable bonds is 4. The van der Waals surface area contributed by atoms with Crippen LogP contribution in [0.4, 0.5) is 11.4 Å². The number of carbonyl (C=O) groups excluding carboxylic acids is 1. The zero-order valence-corrected chi connectivity index (χ0v) is 14.6. The highest BCUT2D eigenvalue weighted by Crippen LogP contribution is 2.19. The van der Waals surface area contributed by atoms with Gasteiger partial charge in [-0.05, 0) is 48.9 Å². The highest BCUT2D eigenvalue weighted by Gasteiger charge is 2.19. The molecule has 0 spiro atoms. The van der Waals surface area contributed by atoms with Crippen LogP contribution in [-0.2, 0) is 4.79 Å². The van der Waals surface area contributed by atoms with Crippen LogP contribution < -0.4 is 10.2 Å². The maximum Gasteiger partial charge on any atom is 0.238 e. The van der Waals surface area contributed by atoms with E-state index in [9.17, 15) is 4.79 Å². The van der Waals surface area contributed by atoms with Crippen LogP contribution in [0.5, 0.6) is 0 Å². The number of aryl methyl sites for hydroxylation is 1. The van der Waals surface area contributed by atoms with Crippen LogP contribution >= 0.6 is 11.6 Å². The van der Waals surface area contributed by atoms with Crippen LogP contribution in [0.3, 0.4) is 0 Å². The van der Waals surface area contributed by atoms with Crippen molar-refractivity contribution in [1.82, 2.24) is 4.90 Å². The van der Waals surface area contributed by atoms with Gasteiger partial charge >= 0.3 is 0 Å². The first-order chi connectivity index (χ1) is 11.6. The van der Waals surface area contributed by atoms with Gasteiger partial charge in [0.25, 0.3) is 0 Å². The number of nitrogens with zero attached hydrogens (tertiary/aromatic N) is 2. The first kappa shape index (κ1) is 16.8. The van der Waals surface area contributed by atoms with Gasteiger partial charge in [-0.1, -0.05) is 23.7 Å². The molecule has 2 aromatic carbocycles. The van der Waals surface area contributed by atoms with E-state index in [4.69, 9.17) is 11.6 Å². The number of hydrogen-bond acceptors (Lipinski definition) is 3.